The lowest BCUT2D eigenvalue weighted by Gasteiger charge is -2.32. The maximum absolute atomic E-state index is 11.8. The Hall–Kier alpha value is -0.770. The first-order chi connectivity index (χ1) is 7.41. The molecule has 1 aliphatic carbocycles. The van der Waals surface area contributed by atoms with E-state index in [4.69, 9.17) is 4.74 Å². The van der Waals surface area contributed by atoms with Gasteiger partial charge in [0.2, 0.25) is 0 Å². The lowest BCUT2D eigenvalue weighted by molar-refractivity contribution is 0.0423. The number of rotatable bonds is 1. The molecule has 1 aliphatic heterocycles. The van der Waals surface area contributed by atoms with E-state index in [1.54, 1.807) is 0 Å². The fourth-order valence-electron chi connectivity index (χ4n) is 2.87. The first kappa shape index (κ1) is 11.7. The second kappa shape index (κ2) is 3.91. The van der Waals surface area contributed by atoms with E-state index < -0.39 is 5.60 Å². The van der Waals surface area contributed by atoms with E-state index in [2.05, 4.69) is 10.6 Å². The van der Waals surface area contributed by atoms with Crippen LogP contribution in [0.15, 0.2) is 0 Å². The number of carbonyl (C=O) groups is 1. The zero-order valence-corrected chi connectivity index (χ0v) is 10.4. The monoisotopic (exact) mass is 226 g/mol. The zero-order valence-electron chi connectivity index (χ0n) is 10.4. The summed E-state index contributed by atoms with van der Waals surface area (Å²) in [5.41, 5.74) is -0.601. The molecule has 92 valence electrons. The van der Waals surface area contributed by atoms with Gasteiger partial charge in [0, 0.05) is 0 Å². The second-order valence-electron chi connectivity index (χ2n) is 5.90. The third-order valence-corrected chi connectivity index (χ3v) is 3.48. The van der Waals surface area contributed by atoms with Crippen LogP contribution in [0.5, 0.6) is 0 Å². The molecule has 2 rings (SSSR count). The third kappa shape index (κ3) is 2.32. The highest BCUT2D eigenvalue weighted by Crippen LogP contribution is 2.39. The minimum absolute atomic E-state index is 0.178. The van der Waals surface area contributed by atoms with Crippen molar-refractivity contribution < 1.29 is 9.53 Å². The number of nitrogens with one attached hydrogen (secondary N) is 2. The molecular formula is C12H22N2O2. The number of fused-ring (bicyclic) bond motifs is 1. The fourth-order valence-corrected chi connectivity index (χ4v) is 2.87. The van der Waals surface area contributed by atoms with Crippen molar-refractivity contribution in [2.45, 2.75) is 57.7 Å². The molecule has 1 saturated carbocycles. The summed E-state index contributed by atoms with van der Waals surface area (Å²) in [5.74, 6) is 0.583. The summed E-state index contributed by atoms with van der Waals surface area (Å²) in [7, 11) is 0. The highest BCUT2D eigenvalue weighted by molar-refractivity contribution is 5.69. The fraction of sp³-hybridized carbons (Fsp3) is 0.917. The van der Waals surface area contributed by atoms with Crippen molar-refractivity contribution in [1.29, 1.82) is 0 Å². The van der Waals surface area contributed by atoms with Crippen molar-refractivity contribution >= 4 is 6.09 Å². The van der Waals surface area contributed by atoms with E-state index in [0.29, 0.717) is 5.92 Å². The van der Waals surface area contributed by atoms with Crippen LogP contribution in [0.2, 0.25) is 0 Å². The van der Waals surface area contributed by atoms with Gasteiger partial charge in [0.05, 0.1) is 5.66 Å². The number of amides is 1. The predicted octanol–water partition coefficient (Wildman–Crippen LogP) is 2.00. The van der Waals surface area contributed by atoms with Crippen LogP contribution in [0.25, 0.3) is 0 Å². The maximum Gasteiger partial charge on any atom is 0.409 e. The molecular weight excluding hydrogens is 204 g/mol. The lowest BCUT2D eigenvalue weighted by atomic mass is 9.98. The van der Waals surface area contributed by atoms with Crippen molar-refractivity contribution in [2.24, 2.45) is 5.92 Å². The quantitative estimate of drug-likeness (QED) is 0.719. The molecule has 1 saturated heterocycles. The molecule has 4 heteroatoms. The molecule has 0 radical (unpaired) electrons. The average Bonchev–Trinajstić information content (AvgIpc) is 2.57. The van der Waals surface area contributed by atoms with Crippen LogP contribution in [0.3, 0.4) is 0 Å². The van der Waals surface area contributed by atoms with Crippen LogP contribution in [-0.4, -0.2) is 23.9 Å². The number of hydrogen-bond donors (Lipinski definition) is 2. The Bertz CT molecular complexity index is 273. The molecule has 0 aromatic carbocycles. The van der Waals surface area contributed by atoms with Crippen molar-refractivity contribution in [3.05, 3.63) is 0 Å². The standard InChI is InChI=1S/C12H22N2O2/c1-11(2,3)16-10(15)14-12-7-4-5-9(12)6-8-13-12/h9,13H,4-8H2,1-3H3,(H,14,15). The summed E-state index contributed by atoms with van der Waals surface area (Å²) in [6.07, 6.45) is 4.29. The Balaban J connectivity index is 1.96. The van der Waals surface area contributed by atoms with Crippen molar-refractivity contribution in [3.8, 4) is 0 Å². The normalized spacial score (nSPS) is 33.6. The molecule has 2 unspecified atom stereocenters. The average molecular weight is 226 g/mol. The molecule has 0 bridgehead atoms. The Kier molecular flexibility index (Phi) is 2.86. The van der Waals surface area contributed by atoms with Crippen LogP contribution < -0.4 is 10.6 Å². The van der Waals surface area contributed by atoms with Gasteiger partial charge in [-0.1, -0.05) is 0 Å². The van der Waals surface area contributed by atoms with Crippen LogP contribution in [0.4, 0.5) is 4.79 Å². The summed E-state index contributed by atoms with van der Waals surface area (Å²) in [4.78, 5) is 11.8. The van der Waals surface area contributed by atoms with E-state index in [0.717, 1.165) is 19.4 Å². The Morgan fingerprint density at radius 2 is 2.19 bits per heavy atom. The minimum Gasteiger partial charge on any atom is -0.444 e. The number of ether oxygens (including phenoxy) is 1. The van der Waals surface area contributed by atoms with E-state index in [1.165, 1.54) is 12.8 Å². The molecule has 0 aromatic rings. The van der Waals surface area contributed by atoms with Gasteiger partial charge in [0.15, 0.2) is 0 Å². The molecule has 2 aliphatic rings. The molecule has 0 aromatic heterocycles. The van der Waals surface area contributed by atoms with Gasteiger partial charge in [-0.15, -0.1) is 0 Å². The van der Waals surface area contributed by atoms with Gasteiger partial charge < -0.3 is 10.1 Å². The van der Waals surface area contributed by atoms with Gasteiger partial charge in [-0.3, -0.25) is 5.32 Å². The van der Waals surface area contributed by atoms with Crippen LogP contribution in [-0.2, 0) is 4.74 Å². The number of carbonyl (C=O) groups excluding carboxylic acids is 1. The van der Waals surface area contributed by atoms with Crippen molar-refractivity contribution in [3.63, 3.8) is 0 Å². The lowest BCUT2D eigenvalue weighted by Crippen LogP contribution is -2.57. The van der Waals surface area contributed by atoms with Crippen LogP contribution >= 0.6 is 0 Å². The molecule has 2 N–H and O–H groups in total. The molecule has 16 heavy (non-hydrogen) atoms. The predicted molar refractivity (Wildman–Crippen MR) is 62.1 cm³/mol. The highest BCUT2D eigenvalue weighted by atomic mass is 16.6. The SMILES string of the molecule is CC(C)(C)OC(=O)NC12CCCC1CCN2. The van der Waals surface area contributed by atoms with Crippen molar-refractivity contribution in [1.82, 2.24) is 10.6 Å². The van der Waals surface area contributed by atoms with Crippen LogP contribution in [0, 0.1) is 5.92 Å². The summed E-state index contributed by atoms with van der Waals surface area (Å²) >= 11 is 0. The first-order valence-electron chi connectivity index (χ1n) is 6.17. The highest BCUT2D eigenvalue weighted by Gasteiger charge is 2.47. The topological polar surface area (TPSA) is 50.4 Å². The molecule has 2 fully saturated rings. The van der Waals surface area contributed by atoms with E-state index in [1.807, 2.05) is 20.8 Å². The first-order valence-corrected chi connectivity index (χ1v) is 6.17. The number of hydrogen-bond acceptors (Lipinski definition) is 3. The summed E-state index contributed by atoms with van der Waals surface area (Å²) in [6, 6.07) is 0. The Morgan fingerprint density at radius 3 is 2.88 bits per heavy atom. The van der Waals surface area contributed by atoms with Crippen molar-refractivity contribution in [2.75, 3.05) is 6.54 Å². The van der Waals surface area contributed by atoms with Gasteiger partial charge in [-0.05, 0) is 58.9 Å². The molecule has 1 amide bonds. The van der Waals surface area contributed by atoms with E-state index in [9.17, 15) is 4.79 Å². The van der Waals surface area contributed by atoms with Gasteiger partial charge >= 0.3 is 6.09 Å². The second-order valence-corrected chi connectivity index (χ2v) is 5.90. The van der Waals surface area contributed by atoms with E-state index >= 15 is 0 Å². The summed E-state index contributed by atoms with van der Waals surface area (Å²) in [6.45, 7) is 6.66. The smallest absolute Gasteiger partial charge is 0.409 e. The Morgan fingerprint density at radius 1 is 1.44 bits per heavy atom. The summed E-state index contributed by atoms with van der Waals surface area (Å²) < 4.78 is 5.31. The number of alkyl carbamates (subject to hydrolysis) is 1. The minimum atomic E-state index is -0.423. The molecule has 1 heterocycles. The summed E-state index contributed by atoms with van der Waals surface area (Å²) in [5, 5.41) is 6.48. The van der Waals surface area contributed by atoms with Gasteiger partial charge in [-0.25, -0.2) is 4.79 Å². The zero-order chi connectivity index (χ0) is 11.8. The van der Waals surface area contributed by atoms with Gasteiger partial charge in [-0.2, -0.15) is 0 Å². The van der Waals surface area contributed by atoms with E-state index in [-0.39, 0.29) is 11.8 Å². The van der Waals surface area contributed by atoms with Gasteiger partial charge in [0.25, 0.3) is 0 Å². The molecule has 2 atom stereocenters. The maximum atomic E-state index is 11.8. The van der Waals surface area contributed by atoms with Crippen LogP contribution in [0.1, 0.15) is 46.5 Å². The molecule has 4 nitrogen and oxygen atoms in total. The molecule has 0 spiro atoms. The third-order valence-electron chi connectivity index (χ3n) is 3.48. The Labute approximate surface area is 97.1 Å². The largest absolute Gasteiger partial charge is 0.444 e. The van der Waals surface area contributed by atoms with Gasteiger partial charge in [0.1, 0.15) is 5.60 Å².